The van der Waals surface area contributed by atoms with E-state index in [4.69, 9.17) is 9.47 Å². The van der Waals surface area contributed by atoms with Crippen LogP contribution in [0.4, 0.5) is 0 Å². The van der Waals surface area contributed by atoms with Gasteiger partial charge in [-0.1, -0.05) is 30.3 Å². The lowest BCUT2D eigenvalue weighted by Crippen LogP contribution is -2.36. The van der Waals surface area contributed by atoms with Crippen LogP contribution in [0.1, 0.15) is 15.9 Å². The van der Waals surface area contributed by atoms with Crippen molar-refractivity contribution < 1.29 is 14.3 Å². The van der Waals surface area contributed by atoms with Gasteiger partial charge in [-0.05, 0) is 37.9 Å². The summed E-state index contributed by atoms with van der Waals surface area (Å²) in [5.74, 6) is 1.35. The van der Waals surface area contributed by atoms with E-state index in [1.54, 1.807) is 6.07 Å². The average Bonchev–Trinajstić information content (AvgIpc) is 2.65. The van der Waals surface area contributed by atoms with Gasteiger partial charge in [0, 0.05) is 25.2 Å². The number of hydrogen-bond donors (Lipinski definition) is 0. The molecule has 2 aromatic carbocycles. The SMILES string of the molecule is CN(C)CCN(Cc1ccccc1)C(=O)c1ccc2c(c1)OCCO2. The Kier molecular flexibility index (Phi) is 5.56. The van der Waals surface area contributed by atoms with E-state index in [-0.39, 0.29) is 5.91 Å². The topological polar surface area (TPSA) is 42.0 Å². The summed E-state index contributed by atoms with van der Waals surface area (Å²) >= 11 is 0. The van der Waals surface area contributed by atoms with Gasteiger partial charge >= 0.3 is 0 Å². The van der Waals surface area contributed by atoms with Gasteiger partial charge in [0.15, 0.2) is 11.5 Å². The standard InChI is InChI=1S/C20H24N2O3/c1-21(2)10-11-22(15-16-6-4-3-5-7-16)20(23)17-8-9-18-19(14-17)25-13-12-24-18/h3-9,14H,10-13,15H2,1-2H3. The molecule has 0 N–H and O–H groups in total. The molecule has 0 fully saturated rings. The summed E-state index contributed by atoms with van der Waals surface area (Å²) in [5, 5.41) is 0. The molecule has 0 radical (unpaired) electrons. The van der Waals surface area contributed by atoms with Crippen LogP contribution in [0, 0.1) is 0 Å². The third-order valence-electron chi connectivity index (χ3n) is 4.11. The van der Waals surface area contributed by atoms with Crippen molar-refractivity contribution in [1.82, 2.24) is 9.80 Å². The van der Waals surface area contributed by atoms with Crippen molar-refractivity contribution >= 4 is 5.91 Å². The molecule has 0 bridgehead atoms. The molecule has 5 heteroatoms. The smallest absolute Gasteiger partial charge is 0.254 e. The van der Waals surface area contributed by atoms with Gasteiger partial charge in [-0.25, -0.2) is 0 Å². The van der Waals surface area contributed by atoms with Crippen LogP contribution in [0.2, 0.25) is 0 Å². The van der Waals surface area contributed by atoms with Gasteiger partial charge in [0.2, 0.25) is 0 Å². The van der Waals surface area contributed by atoms with Crippen molar-refractivity contribution in [1.29, 1.82) is 0 Å². The Morgan fingerprint density at radius 2 is 1.68 bits per heavy atom. The largest absolute Gasteiger partial charge is 0.486 e. The Hall–Kier alpha value is -2.53. The monoisotopic (exact) mass is 340 g/mol. The van der Waals surface area contributed by atoms with Gasteiger partial charge in [0.05, 0.1) is 0 Å². The van der Waals surface area contributed by atoms with Crippen LogP contribution in [0.25, 0.3) is 0 Å². The molecule has 0 unspecified atom stereocenters. The number of benzene rings is 2. The van der Waals surface area contributed by atoms with Crippen LogP contribution in [-0.4, -0.2) is 56.1 Å². The molecule has 25 heavy (non-hydrogen) atoms. The van der Waals surface area contributed by atoms with E-state index >= 15 is 0 Å². The quantitative estimate of drug-likeness (QED) is 0.811. The van der Waals surface area contributed by atoms with Crippen LogP contribution in [0.5, 0.6) is 11.5 Å². The normalized spacial score (nSPS) is 12.9. The fourth-order valence-electron chi connectivity index (χ4n) is 2.74. The first kappa shape index (κ1) is 17.3. The van der Waals surface area contributed by atoms with Crippen LogP contribution in [0.3, 0.4) is 0 Å². The zero-order valence-corrected chi connectivity index (χ0v) is 14.8. The lowest BCUT2D eigenvalue weighted by atomic mass is 10.1. The van der Waals surface area contributed by atoms with E-state index < -0.39 is 0 Å². The number of hydrogen-bond acceptors (Lipinski definition) is 4. The van der Waals surface area contributed by atoms with E-state index in [2.05, 4.69) is 4.90 Å². The number of nitrogens with zero attached hydrogens (tertiary/aromatic N) is 2. The third-order valence-corrected chi connectivity index (χ3v) is 4.11. The molecule has 0 saturated heterocycles. The second-order valence-corrected chi connectivity index (χ2v) is 6.37. The maximum atomic E-state index is 13.1. The van der Waals surface area contributed by atoms with E-state index in [1.807, 2.05) is 61.5 Å². The first-order chi connectivity index (χ1) is 12.1. The van der Waals surface area contributed by atoms with E-state index in [9.17, 15) is 4.79 Å². The van der Waals surface area contributed by atoms with E-state index in [1.165, 1.54) is 0 Å². The molecule has 0 saturated carbocycles. The predicted octanol–water partition coefficient (Wildman–Crippen LogP) is 2.66. The lowest BCUT2D eigenvalue weighted by Gasteiger charge is -2.25. The van der Waals surface area contributed by atoms with Gasteiger partial charge in [0.25, 0.3) is 5.91 Å². The molecule has 2 aromatic rings. The van der Waals surface area contributed by atoms with Crippen molar-refractivity contribution in [2.45, 2.75) is 6.54 Å². The van der Waals surface area contributed by atoms with Gasteiger partial charge < -0.3 is 19.3 Å². The zero-order chi connectivity index (χ0) is 17.6. The molecule has 1 aliphatic rings. The summed E-state index contributed by atoms with van der Waals surface area (Å²) in [6, 6.07) is 15.5. The Labute approximate surface area is 148 Å². The number of amides is 1. The molecule has 1 amide bonds. The molecule has 3 rings (SSSR count). The summed E-state index contributed by atoms with van der Waals surface area (Å²) < 4.78 is 11.1. The molecule has 5 nitrogen and oxygen atoms in total. The zero-order valence-electron chi connectivity index (χ0n) is 14.8. The Morgan fingerprint density at radius 3 is 2.40 bits per heavy atom. The number of ether oxygens (including phenoxy) is 2. The number of carbonyl (C=O) groups excluding carboxylic acids is 1. The fraction of sp³-hybridized carbons (Fsp3) is 0.350. The molecule has 0 spiro atoms. The molecule has 0 aliphatic carbocycles. The summed E-state index contributed by atoms with van der Waals surface area (Å²) in [6.07, 6.45) is 0. The highest BCUT2D eigenvalue weighted by Gasteiger charge is 2.20. The maximum Gasteiger partial charge on any atom is 0.254 e. The second kappa shape index (κ2) is 8.03. The molecule has 1 aliphatic heterocycles. The Balaban J connectivity index is 1.80. The summed E-state index contributed by atoms with van der Waals surface area (Å²) in [7, 11) is 4.02. The van der Waals surface area contributed by atoms with Gasteiger partial charge in [-0.3, -0.25) is 4.79 Å². The minimum atomic E-state index is 0.00248. The van der Waals surface area contributed by atoms with Crippen molar-refractivity contribution in [2.24, 2.45) is 0 Å². The van der Waals surface area contributed by atoms with Crippen LogP contribution in [-0.2, 0) is 6.54 Å². The molecule has 1 heterocycles. The summed E-state index contributed by atoms with van der Waals surface area (Å²) in [6.45, 7) is 3.11. The van der Waals surface area contributed by atoms with Crippen molar-refractivity contribution in [3.63, 3.8) is 0 Å². The molecule has 132 valence electrons. The minimum absolute atomic E-state index is 0.00248. The van der Waals surface area contributed by atoms with E-state index in [0.717, 1.165) is 12.1 Å². The molecule has 0 atom stereocenters. The minimum Gasteiger partial charge on any atom is -0.486 e. The van der Waals surface area contributed by atoms with Crippen LogP contribution in [0.15, 0.2) is 48.5 Å². The molecular formula is C20H24N2O3. The first-order valence-electron chi connectivity index (χ1n) is 8.51. The maximum absolute atomic E-state index is 13.1. The third kappa shape index (κ3) is 4.51. The highest BCUT2D eigenvalue weighted by atomic mass is 16.6. The Bertz CT molecular complexity index is 716. The Morgan fingerprint density at radius 1 is 0.960 bits per heavy atom. The van der Waals surface area contributed by atoms with Crippen molar-refractivity contribution in [2.75, 3.05) is 40.4 Å². The summed E-state index contributed by atoms with van der Waals surface area (Å²) in [5.41, 5.74) is 1.74. The number of rotatable bonds is 6. The molecule has 0 aromatic heterocycles. The number of carbonyl (C=O) groups is 1. The van der Waals surface area contributed by atoms with Crippen molar-refractivity contribution in [3.05, 3.63) is 59.7 Å². The van der Waals surface area contributed by atoms with E-state index in [0.29, 0.717) is 43.4 Å². The lowest BCUT2D eigenvalue weighted by molar-refractivity contribution is 0.0731. The van der Waals surface area contributed by atoms with Crippen molar-refractivity contribution in [3.8, 4) is 11.5 Å². The second-order valence-electron chi connectivity index (χ2n) is 6.37. The highest BCUT2D eigenvalue weighted by Crippen LogP contribution is 2.31. The fourth-order valence-corrected chi connectivity index (χ4v) is 2.74. The average molecular weight is 340 g/mol. The first-order valence-corrected chi connectivity index (χ1v) is 8.51. The molecular weight excluding hydrogens is 316 g/mol. The number of fused-ring (bicyclic) bond motifs is 1. The number of likely N-dealkylation sites (N-methyl/N-ethyl adjacent to an activating group) is 1. The predicted molar refractivity (Wildman–Crippen MR) is 97.2 cm³/mol. The highest BCUT2D eigenvalue weighted by molar-refractivity contribution is 5.95. The van der Waals surface area contributed by atoms with Gasteiger partial charge in [-0.15, -0.1) is 0 Å². The summed E-state index contributed by atoms with van der Waals surface area (Å²) in [4.78, 5) is 17.0. The van der Waals surface area contributed by atoms with Gasteiger partial charge in [0.1, 0.15) is 13.2 Å². The van der Waals surface area contributed by atoms with Crippen LogP contribution < -0.4 is 9.47 Å². The van der Waals surface area contributed by atoms with Crippen LogP contribution >= 0.6 is 0 Å². The van der Waals surface area contributed by atoms with Gasteiger partial charge in [-0.2, -0.15) is 0 Å².